The summed E-state index contributed by atoms with van der Waals surface area (Å²) >= 11 is 0. The number of carbonyl (C=O) groups excluding carboxylic acids is 1. The number of carboxylic acids is 1. The predicted molar refractivity (Wildman–Crippen MR) is 92.7 cm³/mol. The normalized spacial score (nSPS) is 21.7. The van der Waals surface area contributed by atoms with Crippen molar-refractivity contribution in [3.05, 3.63) is 59.7 Å². The number of aliphatic carboxylic acids is 1. The summed E-state index contributed by atoms with van der Waals surface area (Å²) in [6.45, 7) is 0.529. The van der Waals surface area contributed by atoms with E-state index in [-0.39, 0.29) is 19.1 Å². The van der Waals surface area contributed by atoms with E-state index in [1.807, 2.05) is 36.4 Å². The van der Waals surface area contributed by atoms with E-state index in [4.69, 9.17) is 9.47 Å². The second-order valence-electron chi connectivity index (χ2n) is 6.55. The van der Waals surface area contributed by atoms with Crippen LogP contribution >= 0.6 is 0 Å². The number of hydrogen-bond donors (Lipinski definition) is 1. The van der Waals surface area contributed by atoms with Crippen LogP contribution in [0.15, 0.2) is 48.5 Å². The van der Waals surface area contributed by atoms with E-state index in [1.165, 1.54) is 0 Å². The van der Waals surface area contributed by atoms with Gasteiger partial charge in [-0.25, -0.2) is 0 Å². The summed E-state index contributed by atoms with van der Waals surface area (Å²) in [4.78, 5) is 26.2. The number of amides is 1. The van der Waals surface area contributed by atoms with Crippen LogP contribution in [0.25, 0.3) is 0 Å². The molecule has 0 aromatic heterocycles. The van der Waals surface area contributed by atoms with Gasteiger partial charge in [-0.15, -0.1) is 0 Å². The van der Waals surface area contributed by atoms with E-state index >= 15 is 0 Å². The zero-order valence-corrected chi connectivity index (χ0v) is 14.1. The summed E-state index contributed by atoms with van der Waals surface area (Å²) in [5.41, 5.74) is 1.73. The first-order chi connectivity index (χ1) is 12.6. The average Bonchev–Trinajstić information content (AvgIpc) is 3.11. The van der Waals surface area contributed by atoms with Gasteiger partial charge in [-0.3, -0.25) is 9.59 Å². The number of nitrogens with zero attached hydrogens (tertiary/aromatic N) is 1. The first kappa shape index (κ1) is 16.4. The van der Waals surface area contributed by atoms with Gasteiger partial charge in [0.05, 0.1) is 12.0 Å². The zero-order valence-electron chi connectivity index (χ0n) is 14.1. The van der Waals surface area contributed by atoms with Crippen molar-refractivity contribution in [3.8, 4) is 11.5 Å². The number of likely N-dealkylation sites (tertiary alicyclic amines) is 1. The molecule has 6 heteroatoms. The van der Waals surface area contributed by atoms with Crippen molar-refractivity contribution < 1.29 is 24.2 Å². The number of carbonyl (C=O) groups is 2. The molecule has 0 saturated carbocycles. The third-order valence-electron chi connectivity index (χ3n) is 4.96. The molecule has 2 heterocycles. The summed E-state index contributed by atoms with van der Waals surface area (Å²) in [7, 11) is 0. The van der Waals surface area contributed by atoms with Gasteiger partial charge in [0.1, 0.15) is 0 Å². The number of piperidine rings is 1. The third kappa shape index (κ3) is 2.98. The van der Waals surface area contributed by atoms with Gasteiger partial charge in [-0.1, -0.05) is 36.4 Å². The first-order valence-corrected chi connectivity index (χ1v) is 8.59. The van der Waals surface area contributed by atoms with Crippen molar-refractivity contribution in [2.45, 2.75) is 25.4 Å². The highest BCUT2D eigenvalue weighted by Gasteiger charge is 2.41. The molecular formula is C20H19NO5. The number of rotatable bonds is 4. The van der Waals surface area contributed by atoms with Crippen molar-refractivity contribution in [3.63, 3.8) is 0 Å². The maximum atomic E-state index is 12.7. The molecule has 1 amide bonds. The molecule has 2 aliphatic heterocycles. The van der Waals surface area contributed by atoms with Crippen LogP contribution < -0.4 is 9.47 Å². The third-order valence-corrected chi connectivity index (χ3v) is 4.96. The van der Waals surface area contributed by atoms with Crippen LogP contribution in [-0.2, 0) is 16.1 Å². The molecule has 1 N–H and O–H groups in total. The van der Waals surface area contributed by atoms with Crippen LogP contribution in [0.4, 0.5) is 0 Å². The Labute approximate surface area is 151 Å². The highest BCUT2D eigenvalue weighted by molar-refractivity contribution is 5.82. The SMILES string of the molecule is O=C(O)C1CCC(=O)N(Cc2ccccc2)C1c1ccc2c(c1)OCO2. The maximum Gasteiger partial charge on any atom is 0.308 e. The van der Waals surface area contributed by atoms with Gasteiger partial charge in [0.15, 0.2) is 11.5 Å². The predicted octanol–water partition coefficient (Wildman–Crippen LogP) is 2.98. The van der Waals surface area contributed by atoms with Gasteiger partial charge in [0, 0.05) is 13.0 Å². The summed E-state index contributed by atoms with van der Waals surface area (Å²) in [6, 6.07) is 14.5. The molecule has 4 rings (SSSR count). The monoisotopic (exact) mass is 353 g/mol. The molecule has 134 valence electrons. The topological polar surface area (TPSA) is 76.1 Å². The van der Waals surface area contributed by atoms with Gasteiger partial charge in [-0.2, -0.15) is 0 Å². The smallest absolute Gasteiger partial charge is 0.308 e. The van der Waals surface area contributed by atoms with Crippen LogP contribution in [0.2, 0.25) is 0 Å². The lowest BCUT2D eigenvalue weighted by atomic mass is 9.84. The number of ether oxygens (including phenoxy) is 2. The first-order valence-electron chi connectivity index (χ1n) is 8.59. The van der Waals surface area contributed by atoms with Gasteiger partial charge >= 0.3 is 5.97 Å². The fourth-order valence-electron chi connectivity index (χ4n) is 3.69. The van der Waals surface area contributed by atoms with Gasteiger partial charge in [0.2, 0.25) is 12.7 Å². The van der Waals surface area contributed by atoms with Crippen LogP contribution in [0, 0.1) is 5.92 Å². The minimum Gasteiger partial charge on any atom is -0.481 e. The Morgan fingerprint density at radius 2 is 1.88 bits per heavy atom. The molecule has 1 fully saturated rings. The molecular weight excluding hydrogens is 334 g/mol. The van der Waals surface area contributed by atoms with Crippen molar-refractivity contribution in [2.24, 2.45) is 5.92 Å². The Balaban J connectivity index is 1.73. The largest absolute Gasteiger partial charge is 0.481 e. The Bertz CT molecular complexity index is 835. The molecule has 0 spiro atoms. The Morgan fingerprint density at radius 3 is 2.65 bits per heavy atom. The number of hydrogen-bond acceptors (Lipinski definition) is 4. The lowest BCUT2D eigenvalue weighted by Crippen LogP contribution is -2.44. The number of carboxylic acid groups (broad SMARTS) is 1. The van der Waals surface area contributed by atoms with Crippen molar-refractivity contribution >= 4 is 11.9 Å². The molecule has 1 saturated heterocycles. The molecule has 2 aromatic carbocycles. The average molecular weight is 353 g/mol. The van der Waals surface area contributed by atoms with Crippen LogP contribution in [0.5, 0.6) is 11.5 Å². The Hall–Kier alpha value is -3.02. The van der Waals surface area contributed by atoms with Gasteiger partial charge < -0.3 is 19.5 Å². The minimum absolute atomic E-state index is 0.0333. The minimum atomic E-state index is -0.891. The van der Waals surface area contributed by atoms with Gasteiger partial charge in [0.25, 0.3) is 0 Å². The van der Waals surface area contributed by atoms with Crippen molar-refractivity contribution in [1.29, 1.82) is 0 Å². The highest BCUT2D eigenvalue weighted by atomic mass is 16.7. The van der Waals surface area contributed by atoms with Crippen molar-refractivity contribution in [2.75, 3.05) is 6.79 Å². The van der Waals surface area contributed by atoms with E-state index in [0.29, 0.717) is 24.5 Å². The van der Waals surface area contributed by atoms with E-state index in [2.05, 4.69) is 0 Å². The second-order valence-corrected chi connectivity index (χ2v) is 6.55. The van der Waals surface area contributed by atoms with E-state index in [9.17, 15) is 14.7 Å². The summed E-state index contributed by atoms with van der Waals surface area (Å²) in [6.07, 6.45) is 0.573. The molecule has 2 aliphatic rings. The van der Waals surface area contributed by atoms with E-state index in [0.717, 1.165) is 11.1 Å². The molecule has 2 aromatic rings. The lowest BCUT2D eigenvalue weighted by molar-refractivity contribution is -0.152. The molecule has 0 aliphatic carbocycles. The summed E-state index contributed by atoms with van der Waals surface area (Å²) < 4.78 is 10.8. The van der Waals surface area contributed by atoms with E-state index < -0.39 is 17.9 Å². The molecule has 0 radical (unpaired) electrons. The second kappa shape index (κ2) is 6.71. The number of benzene rings is 2. The molecule has 6 nitrogen and oxygen atoms in total. The summed E-state index contributed by atoms with van der Waals surface area (Å²) in [5, 5.41) is 9.74. The Morgan fingerprint density at radius 1 is 1.12 bits per heavy atom. The van der Waals surface area contributed by atoms with Crippen molar-refractivity contribution in [1.82, 2.24) is 4.90 Å². The van der Waals surface area contributed by atoms with E-state index in [1.54, 1.807) is 17.0 Å². The van der Waals surface area contributed by atoms with Crippen LogP contribution in [0.3, 0.4) is 0 Å². The van der Waals surface area contributed by atoms with Crippen LogP contribution in [0.1, 0.15) is 30.0 Å². The Kier molecular flexibility index (Phi) is 4.24. The fraction of sp³-hybridized carbons (Fsp3) is 0.300. The number of fused-ring (bicyclic) bond motifs is 1. The maximum absolute atomic E-state index is 12.7. The summed E-state index contributed by atoms with van der Waals surface area (Å²) in [5.74, 6) is -0.356. The standard InChI is InChI=1S/C20H19NO5/c22-18-9-7-15(20(23)24)19(21(18)11-13-4-2-1-3-5-13)14-6-8-16-17(10-14)26-12-25-16/h1-6,8,10,15,19H,7,9,11-12H2,(H,23,24). The molecule has 0 bridgehead atoms. The fourth-order valence-corrected chi connectivity index (χ4v) is 3.69. The quantitative estimate of drug-likeness (QED) is 0.914. The molecule has 2 unspecified atom stereocenters. The van der Waals surface area contributed by atoms with Crippen LogP contribution in [-0.4, -0.2) is 28.7 Å². The highest BCUT2D eigenvalue weighted by Crippen LogP contribution is 2.42. The van der Waals surface area contributed by atoms with Gasteiger partial charge in [-0.05, 0) is 29.7 Å². The molecule has 26 heavy (non-hydrogen) atoms. The zero-order chi connectivity index (χ0) is 18.1. The lowest BCUT2D eigenvalue weighted by Gasteiger charge is -2.40. The molecule has 2 atom stereocenters.